The summed E-state index contributed by atoms with van der Waals surface area (Å²) in [6.45, 7) is 12.6. The Morgan fingerprint density at radius 2 is 1.58 bits per heavy atom. The minimum Gasteiger partial charge on any atom is -0.399 e. The van der Waals surface area contributed by atoms with Gasteiger partial charge in [0.25, 0.3) is 0 Å². The van der Waals surface area contributed by atoms with Crippen LogP contribution in [-0.4, -0.2) is 33.1 Å². The Labute approximate surface area is 151 Å². The van der Waals surface area contributed by atoms with Crippen LogP contribution in [0.1, 0.15) is 54.2 Å². The quantitative estimate of drug-likeness (QED) is 0.722. The van der Waals surface area contributed by atoms with Gasteiger partial charge in [-0.1, -0.05) is 0 Å². The highest BCUT2D eigenvalue weighted by molar-refractivity contribution is 6.62. The van der Waals surface area contributed by atoms with E-state index in [2.05, 4.69) is 10.1 Å². The average molecular weight is 369 g/mol. The number of hydrogen-bond donors (Lipinski definition) is 0. The minimum absolute atomic E-state index is 0.0486. The third-order valence-corrected chi connectivity index (χ3v) is 4.98. The monoisotopic (exact) mass is 369 g/mol. The molecule has 2 aromatic rings. The van der Waals surface area contributed by atoms with Crippen LogP contribution in [0.5, 0.6) is 0 Å². The van der Waals surface area contributed by atoms with E-state index in [4.69, 9.17) is 9.31 Å². The van der Waals surface area contributed by atoms with Crippen LogP contribution in [0.2, 0.25) is 0 Å². The molecule has 1 saturated heterocycles. The molecule has 1 fully saturated rings. The van der Waals surface area contributed by atoms with Crippen molar-refractivity contribution in [1.82, 2.24) is 14.8 Å². The summed E-state index contributed by atoms with van der Waals surface area (Å²) in [6.07, 6.45) is -3.09. The van der Waals surface area contributed by atoms with E-state index in [1.54, 1.807) is 20.8 Å². The highest BCUT2D eigenvalue weighted by Gasteiger charge is 2.52. The second-order valence-electron chi connectivity index (χ2n) is 8.66. The van der Waals surface area contributed by atoms with Crippen molar-refractivity contribution < 1.29 is 22.5 Å². The van der Waals surface area contributed by atoms with E-state index in [1.165, 1.54) is 12.3 Å². The predicted octanol–water partition coefficient (Wildman–Crippen LogP) is 3.50. The number of halogens is 3. The van der Waals surface area contributed by atoms with Crippen molar-refractivity contribution in [2.75, 3.05) is 0 Å². The van der Waals surface area contributed by atoms with Crippen molar-refractivity contribution in [3.63, 3.8) is 0 Å². The molecule has 1 aliphatic rings. The maximum absolute atomic E-state index is 13.7. The van der Waals surface area contributed by atoms with Gasteiger partial charge in [0.1, 0.15) is 0 Å². The van der Waals surface area contributed by atoms with Crippen molar-refractivity contribution >= 4 is 23.6 Å². The van der Waals surface area contributed by atoms with Gasteiger partial charge in [-0.15, -0.1) is 0 Å². The number of aromatic nitrogens is 3. The fraction of sp³-hybridized carbons (Fsp3) is 0.647. The Morgan fingerprint density at radius 3 is 2.04 bits per heavy atom. The van der Waals surface area contributed by atoms with Crippen molar-refractivity contribution in [1.29, 1.82) is 0 Å². The molecule has 2 aromatic heterocycles. The Bertz CT molecular complexity index is 837. The van der Waals surface area contributed by atoms with Crippen LogP contribution in [0, 0.1) is 0 Å². The van der Waals surface area contributed by atoms with Crippen molar-refractivity contribution in [3.8, 4) is 0 Å². The molecule has 0 radical (unpaired) electrons. The molecule has 3 rings (SSSR count). The normalized spacial score (nSPS) is 20.2. The number of rotatable bonds is 1. The van der Waals surface area contributed by atoms with Gasteiger partial charge in [0.2, 0.25) is 0 Å². The molecule has 5 nitrogen and oxygen atoms in total. The highest BCUT2D eigenvalue weighted by Crippen LogP contribution is 2.38. The van der Waals surface area contributed by atoms with E-state index in [0.717, 1.165) is 4.68 Å². The van der Waals surface area contributed by atoms with E-state index in [1.807, 2.05) is 27.7 Å². The highest BCUT2D eigenvalue weighted by atomic mass is 19.4. The van der Waals surface area contributed by atoms with Gasteiger partial charge in [0.05, 0.1) is 22.1 Å². The number of pyridine rings is 1. The largest absolute Gasteiger partial charge is 0.496 e. The Balaban J connectivity index is 2.15. The third kappa shape index (κ3) is 3.01. The maximum atomic E-state index is 13.7. The summed E-state index contributed by atoms with van der Waals surface area (Å²) < 4.78 is 54.1. The van der Waals surface area contributed by atoms with Crippen LogP contribution >= 0.6 is 0 Å². The van der Waals surface area contributed by atoms with Gasteiger partial charge in [0, 0.05) is 11.7 Å². The smallest absolute Gasteiger partial charge is 0.399 e. The number of fused-ring (bicyclic) bond motifs is 1. The summed E-state index contributed by atoms with van der Waals surface area (Å²) in [5, 5.41) is 4.02. The van der Waals surface area contributed by atoms with Crippen LogP contribution in [0.15, 0.2) is 12.3 Å². The van der Waals surface area contributed by atoms with E-state index in [0.29, 0.717) is 5.46 Å². The first-order valence-electron chi connectivity index (χ1n) is 8.45. The molecular formula is C17H23BF3N3O2. The lowest BCUT2D eigenvalue weighted by Crippen LogP contribution is -2.41. The lowest BCUT2D eigenvalue weighted by atomic mass is 9.80. The molecule has 0 saturated carbocycles. The maximum Gasteiger partial charge on any atom is 0.496 e. The van der Waals surface area contributed by atoms with E-state index in [-0.39, 0.29) is 11.0 Å². The van der Waals surface area contributed by atoms with Gasteiger partial charge >= 0.3 is 13.3 Å². The van der Waals surface area contributed by atoms with Gasteiger partial charge < -0.3 is 9.31 Å². The Morgan fingerprint density at radius 1 is 1.04 bits per heavy atom. The van der Waals surface area contributed by atoms with Gasteiger partial charge in [-0.3, -0.25) is 4.68 Å². The molecule has 0 bridgehead atoms. The number of alkyl halides is 3. The molecule has 3 heterocycles. The lowest BCUT2D eigenvalue weighted by Gasteiger charge is -2.32. The molecule has 1 aliphatic heterocycles. The summed E-state index contributed by atoms with van der Waals surface area (Å²) >= 11 is 0. The van der Waals surface area contributed by atoms with Crippen molar-refractivity contribution in [2.24, 2.45) is 0 Å². The summed E-state index contributed by atoms with van der Waals surface area (Å²) in [4.78, 5) is 4.14. The van der Waals surface area contributed by atoms with Crippen molar-refractivity contribution in [2.45, 2.75) is 71.4 Å². The van der Waals surface area contributed by atoms with Crippen LogP contribution in [0.3, 0.4) is 0 Å². The SMILES string of the molecule is CC(C)(C)n1nc2ncc(B3OC(C)(C)C(C)(C)O3)cc2c1C(F)(F)F. The zero-order valence-electron chi connectivity index (χ0n) is 16.0. The molecule has 0 amide bonds. The fourth-order valence-corrected chi connectivity index (χ4v) is 2.85. The average Bonchev–Trinajstić information content (AvgIpc) is 2.92. The minimum atomic E-state index is -4.56. The first kappa shape index (κ1) is 19.2. The van der Waals surface area contributed by atoms with Gasteiger partial charge in [-0.2, -0.15) is 18.3 Å². The van der Waals surface area contributed by atoms with Gasteiger partial charge in [0.15, 0.2) is 11.3 Å². The van der Waals surface area contributed by atoms with Gasteiger partial charge in [-0.05, 0) is 54.5 Å². The third-order valence-electron chi connectivity index (χ3n) is 4.98. The lowest BCUT2D eigenvalue weighted by molar-refractivity contribution is -0.144. The van der Waals surface area contributed by atoms with Crippen LogP contribution in [-0.2, 0) is 21.0 Å². The number of hydrogen-bond acceptors (Lipinski definition) is 4. The van der Waals surface area contributed by atoms with Crippen LogP contribution < -0.4 is 5.46 Å². The first-order chi connectivity index (χ1) is 11.6. The fourth-order valence-electron chi connectivity index (χ4n) is 2.85. The molecule has 0 N–H and O–H groups in total. The first-order valence-corrected chi connectivity index (χ1v) is 8.45. The van der Waals surface area contributed by atoms with E-state index >= 15 is 0 Å². The van der Waals surface area contributed by atoms with E-state index in [9.17, 15) is 13.2 Å². The molecule has 26 heavy (non-hydrogen) atoms. The second kappa shape index (κ2) is 5.45. The second-order valence-corrected chi connectivity index (χ2v) is 8.66. The van der Waals surface area contributed by atoms with Crippen LogP contribution in [0.25, 0.3) is 11.0 Å². The molecule has 0 aliphatic carbocycles. The molecule has 0 spiro atoms. The molecule has 142 valence electrons. The Hall–Kier alpha value is -1.61. The standard InChI is InChI=1S/C17H23BF3N3O2/c1-14(2,3)24-12(17(19,20)21)11-8-10(9-22-13(11)23-24)18-25-15(4,5)16(6,7)26-18/h8-9H,1-7H3. The Kier molecular flexibility index (Phi) is 4.02. The van der Waals surface area contributed by atoms with Gasteiger partial charge in [-0.25, -0.2) is 4.98 Å². The molecule has 0 aromatic carbocycles. The molecule has 0 atom stereocenters. The summed E-state index contributed by atoms with van der Waals surface area (Å²) in [7, 11) is -0.782. The summed E-state index contributed by atoms with van der Waals surface area (Å²) in [6, 6.07) is 1.42. The number of nitrogens with zero attached hydrogens (tertiary/aromatic N) is 3. The molecule has 9 heteroatoms. The molecular weight excluding hydrogens is 346 g/mol. The zero-order chi connectivity index (χ0) is 19.7. The summed E-state index contributed by atoms with van der Waals surface area (Å²) in [5.41, 5.74) is -2.34. The predicted molar refractivity (Wildman–Crippen MR) is 93.2 cm³/mol. The zero-order valence-corrected chi connectivity index (χ0v) is 16.0. The summed E-state index contributed by atoms with van der Waals surface area (Å²) in [5.74, 6) is 0. The van der Waals surface area contributed by atoms with Crippen molar-refractivity contribution in [3.05, 3.63) is 18.0 Å². The van der Waals surface area contributed by atoms with Crippen LogP contribution in [0.4, 0.5) is 13.2 Å². The molecule has 0 unspecified atom stereocenters. The topological polar surface area (TPSA) is 49.2 Å². The van der Waals surface area contributed by atoms with E-state index < -0.39 is 35.7 Å².